The van der Waals surface area contributed by atoms with Crippen LogP contribution in [-0.4, -0.2) is 112 Å². The summed E-state index contributed by atoms with van der Waals surface area (Å²) >= 11 is 0. The number of aliphatic hydroxyl groups is 6. The largest absolute Gasteiger partial charge is 0.394 e. The molecule has 2 heterocycles. The number of unbranched alkanes of at least 4 members (excludes halogenated alkanes) is 24. The third kappa shape index (κ3) is 23.3. The highest BCUT2D eigenvalue weighted by atomic mass is 16.7. The maximum absolute atomic E-state index is 13.0. The summed E-state index contributed by atoms with van der Waals surface area (Å²) in [4.78, 5) is 13.0. The van der Waals surface area contributed by atoms with Gasteiger partial charge < -0.3 is 50.2 Å². The average molecular weight is 788 g/mol. The highest BCUT2D eigenvalue weighted by Gasteiger charge is 2.44. The van der Waals surface area contributed by atoms with Crippen LogP contribution in [0.1, 0.15) is 193 Å². The maximum Gasteiger partial charge on any atom is 0.220 e. The van der Waals surface area contributed by atoms with Gasteiger partial charge in [0.15, 0.2) is 6.29 Å². The average Bonchev–Trinajstić information content (AvgIpc) is 3.16. The predicted molar refractivity (Wildman–Crippen MR) is 218 cm³/mol. The molecule has 3 unspecified atom stereocenters. The van der Waals surface area contributed by atoms with Gasteiger partial charge in [-0.3, -0.25) is 4.79 Å². The molecule has 0 aromatic rings. The lowest BCUT2D eigenvalue weighted by Crippen LogP contribution is -2.60. The lowest BCUT2D eigenvalue weighted by Gasteiger charge is -2.40. The van der Waals surface area contributed by atoms with Gasteiger partial charge in [0.25, 0.3) is 0 Å². The van der Waals surface area contributed by atoms with Crippen molar-refractivity contribution in [1.29, 1.82) is 0 Å². The topological polar surface area (TPSA) is 178 Å². The highest BCUT2D eigenvalue weighted by molar-refractivity contribution is 5.76. The number of nitrogens with one attached hydrogen (secondary N) is 1. The Balaban J connectivity index is 1.63. The van der Waals surface area contributed by atoms with Crippen LogP contribution in [0.15, 0.2) is 0 Å². The molecule has 0 bridgehead atoms. The Morgan fingerprint density at radius 3 is 1.60 bits per heavy atom. The number of hydrogen-bond donors (Lipinski definition) is 7. The third-order valence-electron chi connectivity index (χ3n) is 11.8. The van der Waals surface area contributed by atoms with Crippen LogP contribution in [0.3, 0.4) is 0 Å². The summed E-state index contributed by atoms with van der Waals surface area (Å²) in [6, 6.07) is -0.986. The number of ether oxygens (including phenoxy) is 3. The molecule has 8 atom stereocenters. The Morgan fingerprint density at radius 2 is 1.13 bits per heavy atom. The Morgan fingerprint density at radius 1 is 0.655 bits per heavy atom. The summed E-state index contributed by atoms with van der Waals surface area (Å²) in [5.74, 6) is 0.576. The van der Waals surface area contributed by atoms with Gasteiger partial charge >= 0.3 is 0 Å². The Kier molecular flexibility index (Phi) is 30.2. The van der Waals surface area contributed by atoms with E-state index in [0.717, 1.165) is 70.5 Å². The molecule has 326 valence electrons. The van der Waals surface area contributed by atoms with E-state index in [4.69, 9.17) is 14.2 Å². The van der Waals surface area contributed by atoms with Gasteiger partial charge in [0.05, 0.1) is 38.6 Å². The first-order valence-corrected chi connectivity index (χ1v) is 22.9. The third-order valence-corrected chi connectivity index (χ3v) is 11.8. The number of carbonyl (C=O) groups excluding carboxylic acids is 1. The standard InChI is InChI=1S/C44H85NO10/c1-2-3-4-5-6-7-8-14-17-20-23-26-29-37(47)40(49)36(34-54-44-43(52)42(51)41(50)38(31-46)55-44)45-39(48)30-27-24-21-18-15-12-10-9-11-13-16-19-22-25-28-35-32-53-33-35/h35-38,40-44,46-47,49-52H,2-34H2,1H3,(H,45,48)/t36?,37?,38-,40?,41+,42+,43-,44+/m1/s1. The highest BCUT2D eigenvalue weighted by Crippen LogP contribution is 2.23. The molecule has 2 aliphatic rings. The fourth-order valence-electron chi connectivity index (χ4n) is 7.83. The molecule has 0 radical (unpaired) electrons. The van der Waals surface area contributed by atoms with E-state index in [-0.39, 0.29) is 18.9 Å². The fourth-order valence-corrected chi connectivity index (χ4v) is 7.83. The molecule has 2 rings (SSSR count). The minimum Gasteiger partial charge on any atom is -0.394 e. The van der Waals surface area contributed by atoms with Gasteiger partial charge in [-0.2, -0.15) is 0 Å². The van der Waals surface area contributed by atoms with Crippen molar-refractivity contribution in [2.24, 2.45) is 5.92 Å². The molecule has 1 amide bonds. The van der Waals surface area contributed by atoms with Crippen LogP contribution in [0.2, 0.25) is 0 Å². The molecule has 11 nitrogen and oxygen atoms in total. The van der Waals surface area contributed by atoms with Crippen molar-refractivity contribution in [3.8, 4) is 0 Å². The van der Waals surface area contributed by atoms with Crippen LogP contribution in [0.25, 0.3) is 0 Å². The Hall–Kier alpha value is -0.890. The second kappa shape index (κ2) is 33.0. The lowest BCUT2D eigenvalue weighted by molar-refractivity contribution is -0.303. The number of aliphatic hydroxyl groups excluding tert-OH is 6. The molecule has 0 aromatic heterocycles. The molecule has 11 heteroatoms. The molecular formula is C44H85NO10. The molecule has 7 N–H and O–H groups in total. The molecular weight excluding hydrogens is 702 g/mol. The number of amides is 1. The van der Waals surface area contributed by atoms with Crippen molar-refractivity contribution < 1.29 is 49.6 Å². The molecule has 2 saturated heterocycles. The zero-order valence-corrected chi connectivity index (χ0v) is 34.8. The van der Waals surface area contributed by atoms with Crippen molar-refractivity contribution in [2.75, 3.05) is 26.4 Å². The Bertz CT molecular complexity index is 893. The zero-order chi connectivity index (χ0) is 39.9. The van der Waals surface area contributed by atoms with E-state index in [2.05, 4.69) is 12.2 Å². The molecule has 0 aromatic carbocycles. The maximum atomic E-state index is 13.0. The van der Waals surface area contributed by atoms with Crippen LogP contribution >= 0.6 is 0 Å². The van der Waals surface area contributed by atoms with Crippen molar-refractivity contribution in [3.05, 3.63) is 0 Å². The minimum absolute atomic E-state index is 0.257. The molecule has 0 spiro atoms. The first kappa shape index (κ1) is 50.3. The summed E-state index contributed by atoms with van der Waals surface area (Å²) in [5.41, 5.74) is 0. The van der Waals surface area contributed by atoms with Crippen LogP contribution in [0.5, 0.6) is 0 Å². The van der Waals surface area contributed by atoms with Gasteiger partial charge in [0.2, 0.25) is 5.91 Å². The van der Waals surface area contributed by atoms with Gasteiger partial charge in [-0.15, -0.1) is 0 Å². The van der Waals surface area contributed by atoms with Gasteiger partial charge in [-0.1, -0.05) is 167 Å². The second-order valence-corrected chi connectivity index (χ2v) is 16.8. The monoisotopic (exact) mass is 788 g/mol. The fraction of sp³-hybridized carbons (Fsp3) is 0.977. The van der Waals surface area contributed by atoms with E-state index >= 15 is 0 Å². The first-order valence-electron chi connectivity index (χ1n) is 22.9. The van der Waals surface area contributed by atoms with Crippen molar-refractivity contribution in [1.82, 2.24) is 5.32 Å². The second-order valence-electron chi connectivity index (χ2n) is 16.8. The quantitative estimate of drug-likeness (QED) is 0.0325. The van der Waals surface area contributed by atoms with Gasteiger partial charge in [0.1, 0.15) is 30.5 Å². The normalized spacial score (nSPS) is 23.4. The van der Waals surface area contributed by atoms with Gasteiger partial charge in [-0.05, 0) is 19.3 Å². The van der Waals surface area contributed by atoms with Crippen molar-refractivity contribution >= 4 is 5.91 Å². The van der Waals surface area contributed by atoms with E-state index in [1.54, 1.807) is 0 Å². The summed E-state index contributed by atoms with van der Waals surface area (Å²) in [5, 5.41) is 65.1. The SMILES string of the molecule is CCCCCCCCCCCCCCC(O)C(O)C(CO[C@H]1O[C@H](CO)[C@H](O)[C@H](O)[C@H]1O)NC(=O)CCCCCCCCCCCCCCCCC1COC1. The van der Waals surface area contributed by atoms with Crippen LogP contribution in [0.4, 0.5) is 0 Å². The number of hydrogen-bond acceptors (Lipinski definition) is 10. The van der Waals surface area contributed by atoms with Gasteiger partial charge in [-0.25, -0.2) is 0 Å². The summed E-state index contributed by atoms with van der Waals surface area (Å²) < 4.78 is 16.4. The van der Waals surface area contributed by atoms with Crippen molar-refractivity contribution in [3.63, 3.8) is 0 Å². The van der Waals surface area contributed by atoms with Gasteiger partial charge in [0, 0.05) is 12.3 Å². The van der Waals surface area contributed by atoms with E-state index in [1.807, 2.05) is 0 Å². The molecule has 0 aliphatic carbocycles. The number of rotatable bonds is 37. The molecule has 2 fully saturated rings. The minimum atomic E-state index is -1.60. The first-order chi connectivity index (χ1) is 26.8. The lowest BCUT2D eigenvalue weighted by atomic mass is 9.98. The van der Waals surface area contributed by atoms with E-state index in [9.17, 15) is 35.4 Å². The van der Waals surface area contributed by atoms with Crippen LogP contribution < -0.4 is 5.32 Å². The summed E-state index contributed by atoms with van der Waals surface area (Å²) in [6.07, 6.45) is 23.8. The summed E-state index contributed by atoms with van der Waals surface area (Å²) in [7, 11) is 0. The molecule has 55 heavy (non-hydrogen) atoms. The van der Waals surface area contributed by atoms with Crippen LogP contribution in [0, 0.1) is 5.92 Å². The van der Waals surface area contributed by atoms with E-state index in [1.165, 1.54) is 122 Å². The van der Waals surface area contributed by atoms with Crippen molar-refractivity contribution in [2.45, 2.75) is 242 Å². The van der Waals surface area contributed by atoms with E-state index < -0.39 is 55.6 Å². The predicted octanol–water partition coefficient (Wildman–Crippen LogP) is 6.99. The zero-order valence-electron chi connectivity index (χ0n) is 34.8. The Labute approximate surface area is 334 Å². The van der Waals surface area contributed by atoms with Crippen LogP contribution in [-0.2, 0) is 19.0 Å². The smallest absolute Gasteiger partial charge is 0.220 e. The molecule has 0 saturated carbocycles. The molecule has 2 aliphatic heterocycles. The summed E-state index contributed by atoms with van der Waals surface area (Å²) in [6.45, 7) is 3.30. The number of carbonyl (C=O) groups is 1. The van der Waals surface area contributed by atoms with E-state index in [0.29, 0.717) is 6.42 Å².